The van der Waals surface area contributed by atoms with E-state index in [2.05, 4.69) is 60.0 Å². The molecule has 0 radical (unpaired) electrons. The molecule has 0 spiro atoms. The summed E-state index contributed by atoms with van der Waals surface area (Å²) in [7, 11) is 0. The fourth-order valence-corrected chi connectivity index (χ4v) is 4.08. The van der Waals surface area contributed by atoms with E-state index in [1.54, 1.807) is 0 Å². The van der Waals surface area contributed by atoms with Crippen LogP contribution in [0.4, 0.5) is 10.1 Å². The number of aliphatic imine (C=N–C) groups is 1. The number of benzene rings is 1. The smallest absolute Gasteiger partial charge is 0.128 e. The van der Waals surface area contributed by atoms with Gasteiger partial charge in [-0.05, 0) is 68.2 Å². The number of aromatic nitrogens is 1. The third-order valence-electron chi connectivity index (χ3n) is 5.32. The van der Waals surface area contributed by atoms with Gasteiger partial charge in [0, 0.05) is 52.6 Å². The molecule has 0 aliphatic carbocycles. The highest BCUT2D eigenvalue weighted by Crippen LogP contribution is 2.34. The molecule has 162 valence electrons. The number of H-pyrrole nitrogens is 1. The lowest BCUT2D eigenvalue weighted by atomic mass is 9.89. The zero-order valence-electron chi connectivity index (χ0n) is 19.1. The van der Waals surface area contributed by atoms with Crippen LogP contribution >= 0.6 is 0 Å². The van der Waals surface area contributed by atoms with Crippen molar-refractivity contribution in [1.82, 2.24) is 4.98 Å². The molecule has 4 heteroatoms. The summed E-state index contributed by atoms with van der Waals surface area (Å²) in [6.07, 6.45) is 9.88. The van der Waals surface area contributed by atoms with E-state index in [0.29, 0.717) is 17.7 Å². The van der Waals surface area contributed by atoms with Crippen LogP contribution in [0.3, 0.4) is 0 Å². The molecule has 1 aliphatic rings. The molecule has 0 fully saturated rings. The predicted octanol–water partition coefficient (Wildman–Crippen LogP) is 7.53. The van der Waals surface area contributed by atoms with Gasteiger partial charge in [-0.25, -0.2) is 4.39 Å². The van der Waals surface area contributed by atoms with Gasteiger partial charge in [0.2, 0.25) is 0 Å². The van der Waals surface area contributed by atoms with Crippen molar-refractivity contribution in [3.05, 3.63) is 89.3 Å². The van der Waals surface area contributed by atoms with E-state index in [0.717, 1.165) is 40.4 Å². The van der Waals surface area contributed by atoms with Crippen LogP contribution < -0.4 is 5.32 Å². The van der Waals surface area contributed by atoms with Crippen molar-refractivity contribution >= 4 is 22.5 Å². The van der Waals surface area contributed by atoms with Crippen LogP contribution in [0, 0.1) is 11.7 Å². The molecule has 0 saturated carbocycles. The molecule has 1 atom stereocenters. The average Bonchev–Trinajstić information content (AvgIpc) is 3.11. The van der Waals surface area contributed by atoms with Crippen molar-refractivity contribution in [1.29, 1.82) is 0 Å². The van der Waals surface area contributed by atoms with Gasteiger partial charge in [0.05, 0.1) is 0 Å². The summed E-state index contributed by atoms with van der Waals surface area (Å²) < 4.78 is 14.9. The maximum absolute atomic E-state index is 14.9. The number of hydrogen-bond acceptors (Lipinski definition) is 2. The lowest BCUT2D eigenvalue weighted by molar-refractivity contribution is 0.616. The van der Waals surface area contributed by atoms with E-state index in [4.69, 9.17) is 0 Å². The highest BCUT2D eigenvalue weighted by molar-refractivity contribution is 6.01. The van der Waals surface area contributed by atoms with Crippen LogP contribution in [-0.4, -0.2) is 10.7 Å². The van der Waals surface area contributed by atoms with Crippen LogP contribution in [-0.2, 0) is 6.42 Å². The SMILES string of the molecule is C=C(C)Nc1ccc(C/C(=C/CC)c2[nH]ccc2C2=CC(C)=NC(C)=CC2C)c(F)c1. The van der Waals surface area contributed by atoms with Gasteiger partial charge in [-0.2, -0.15) is 0 Å². The number of nitrogens with one attached hydrogen (secondary N) is 2. The Morgan fingerprint density at radius 3 is 2.74 bits per heavy atom. The van der Waals surface area contributed by atoms with Gasteiger partial charge >= 0.3 is 0 Å². The van der Waals surface area contributed by atoms with Crippen LogP contribution in [0.15, 0.2) is 71.7 Å². The Labute approximate surface area is 185 Å². The van der Waals surface area contributed by atoms with Crippen LogP contribution in [0.25, 0.3) is 11.1 Å². The summed E-state index contributed by atoms with van der Waals surface area (Å²) in [5.41, 5.74) is 8.69. The Bertz CT molecular complexity index is 1100. The molecule has 2 heterocycles. The van der Waals surface area contributed by atoms with E-state index in [9.17, 15) is 4.39 Å². The minimum Gasteiger partial charge on any atom is -0.361 e. The standard InChI is InChI=1S/C27H32FN3/c1-7-8-22(15-21-9-10-23(16-26(21)28)30-17(2)3)27-24(11-12-29-27)25-14-20(6)31-19(5)13-18(25)4/h8-14,16,18,29-30H,2,7,15H2,1,3-6H3/b22-8-. The summed E-state index contributed by atoms with van der Waals surface area (Å²) in [6.45, 7) is 14.0. The molecular weight excluding hydrogens is 385 g/mol. The minimum absolute atomic E-state index is 0.218. The third-order valence-corrected chi connectivity index (χ3v) is 5.32. The minimum atomic E-state index is -0.218. The highest BCUT2D eigenvalue weighted by Gasteiger charge is 2.19. The summed E-state index contributed by atoms with van der Waals surface area (Å²) >= 11 is 0. The van der Waals surface area contributed by atoms with Gasteiger partial charge in [-0.3, -0.25) is 4.99 Å². The fourth-order valence-electron chi connectivity index (χ4n) is 4.08. The van der Waals surface area contributed by atoms with Gasteiger partial charge in [0.1, 0.15) is 5.82 Å². The lowest BCUT2D eigenvalue weighted by Gasteiger charge is -2.16. The predicted molar refractivity (Wildman–Crippen MR) is 132 cm³/mol. The lowest BCUT2D eigenvalue weighted by Crippen LogP contribution is -2.03. The number of halogens is 1. The molecule has 3 nitrogen and oxygen atoms in total. The first-order valence-electron chi connectivity index (χ1n) is 10.8. The first-order valence-corrected chi connectivity index (χ1v) is 10.8. The Kier molecular flexibility index (Phi) is 7.11. The first-order chi connectivity index (χ1) is 14.8. The van der Waals surface area contributed by atoms with Crippen molar-refractivity contribution < 1.29 is 4.39 Å². The molecule has 0 amide bonds. The second-order valence-corrected chi connectivity index (χ2v) is 8.24. The van der Waals surface area contributed by atoms with Gasteiger partial charge in [-0.1, -0.05) is 38.6 Å². The van der Waals surface area contributed by atoms with Crippen LogP contribution in [0.5, 0.6) is 0 Å². The van der Waals surface area contributed by atoms with Crippen LogP contribution in [0.1, 0.15) is 57.9 Å². The number of nitrogens with zero attached hydrogens (tertiary/aromatic N) is 1. The molecule has 0 saturated heterocycles. The molecule has 2 aromatic rings. The largest absolute Gasteiger partial charge is 0.361 e. The van der Waals surface area contributed by atoms with Crippen LogP contribution in [0.2, 0.25) is 0 Å². The van der Waals surface area contributed by atoms with Crippen molar-refractivity contribution in [2.75, 3.05) is 5.32 Å². The van der Waals surface area contributed by atoms with E-state index < -0.39 is 0 Å². The number of hydrogen-bond donors (Lipinski definition) is 2. The second-order valence-electron chi connectivity index (χ2n) is 8.24. The van der Waals surface area contributed by atoms with Gasteiger partial charge in [-0.15, -0.1) is 0 Å². The van der Waals surface area contributed by atoms with Crippen molar-refractivity contribution in [3.8, 4) is 0 Å². The number of aromatic amines is 1. The molecule has 0 bridgehead atoms. The number of anilines is 1. The Balaban J connectivity index is 1.97. The average molecular weight is 418 g/mol. The molecule has 3 rings (SSSR count). The molecule has 31 heavy (non-hydrogen) atoms. The fraction of sp³-hybridized carbons (Fsp3) is 0.296. The van der Waals surface area contributed by atoms with Crippen molar-refractivity contribution in [2.24, 2.45) is 10.9 Å². The van der Waals surface area contributed by atoms with Crippen molar-refractivity contribution in [2.45, 2.75) is 47.5 Å². The van der Waals surface area contributed by atoms with E-state index in [1.165, 1.54) is 11.6 Å². The first kappa shape index (κ1) is 22.5. The summed E-state index contributed by atoms with van der Waals surface area (Å²) in [6, 6.07) is 7.39. The Morgan fingerprint density at radius 2 is 2.06 bits per heavy atom. The number of allylic oxidation sites excluding steroid dienone is 7. The Morgan fingerprint density at radius 1 is 1.29 bits per heavy atom. The van der Waals surface area contributed by atoms with E-state index in [1.807, 2.05) is 39.1 Å². The maximum atomic E-state index is 14.9. The zero-order valence-corrected chi connectivity index (χ0v) is 19.1. The van der Waals surface area contributed by atoms with E-state index in [-0.39, 0.29) is 11.7 Å². The summed E-state index contributed by atoms with van der Waals surface area (Å²) in [5.74, 6) is 0.0211. The third kappa shape index (κ3) is 5.52. The molecule has 2 N–H and O–H groups in total. The monoisotopic (exact) mass is 417 g/mol. The number of rotatable bonds is 7. The summed E-state index contributed by atoms with van der Waals surface area (Å²) in [4.78, 5) is 8.04. The highest BCUT2D eigenvalue weighted by atomic mass is 19.1. The zero-order chi connectivity index (χ0) is 22.5. The summed E-state index contributed by atoms with van der Waals surface area (Å²) in [5, 5.41) is 3.07. The maximum Gasteiger partial charge on any atom is 0.128 e. The molecule has 1 aromatic carbocycles. The quantitative estimate of drug-likeness (QED) is 0.480. The molecule has 1 aliphatic heterocycles. The molecule has 1 aromatic heterocycles. The topological polar surface area (TPSA) is 40.2 Å². The second kappa shape index (κ2) is 9.78. The Hall–Kier alpha value is -3.14. The van der Waals surface area contributed by atoms with Gasteiger partial charge < -0.3 is 10.3 Å². The normalized spacial score (nSPS) is 16.9. The van der Waals surface area contributed by atoms with E-state index >= 15 is 0 Å². The molecular formula is C27H32FN3. The molecule has 1 unspecified atom stereocenters. The van der Waals surface area contributed by atoms with Crippen molar-refractivity contribution in [3.63, 3.8) is 0 Å². The van der Waals surface area contributed by atoms with Gasteiger partial charge in [0.25, 0.3) is 0 Å². The van der Waals surface area contributed by atoms with Gasteiger partial charge in [0.15, 0.2) is 0 Å².